The Labute approximate surface area is 110 Å². The minimum atomic E-state index is -0.835. The molecule has 4 nitrogen and oxygen atoms in total. The van der Waals surface area contributed by atoms with Crippen LogP contribution in [0.3, 0.4) is 0 Å². The smallest absolute Gasteiger partial charge is 0.303 e. The van der Waals surface area contributed by atoms with E-state index in [1.807, 2.05) is 10.3 Å². The third kappa shape index (κ3) is 3.10. The zero-order valence-electron chi connectivity index (χ0n) is 10.2. The monoisotopic (exact) mass is 267 g/mol. The van der Waals surface area contributed by atoms with E-state index in [1.54, 1.807) is 11.3 Å². The van der Waals surface area contributed by atoms with Crippen LogP contribution in [0.1, 0.15) is 43.7 Å². The van der Waals surface area contributed by atoms with Crippen molar-refractivity contribution in [2.24, 2.45) is 0 Å². The molecule has 0 aliphatic carbocycles. The molecule has 98 valence electrons. The fraction of sp³-hybridized carbons (Fsp3) is 0.538. The molecule has 1 aliphatic rings. The molecule has 1 N–H and O–H groups in total. The van der Waals surface area contributed by atoms with Gasteiger partial charge in [-0.3, -0.25) is 9.59 Å². The molecule has 1 amide bonds. The lowest BCUT2D eigenvalue weighted by Crippen LogP contribution is -2.30. The summed E-state index contributed by atoms with van der Waals surface area (Å²) in [5.74, 6) is -0.747. The average Bonchev–Trinajstić information content (AvgIpc) is 2.99. The van der Waals surface area contributed by atoms with Gasteiger partial charge in [-0.25, -0.2) is 0 Å². The van der Waals surface area contributed by atoms with E-state index in [0.29, 0.717) is 12.8 Å². The molecule has 1 aromatic heterocycles. The number of thiophene rings is 1. The summed E-state index contributed by atoms with van der Waals surface area (Å²) in [6.45, 7) is 0.798. The highest BCUT2D eigenvalue weighted by Gasteiger charge is 2.29. The number of carboxylic acid groups (broad SMARTS) is 1. The van der Waals surface area contributed by atoms with E-state index in [2.05, 4.69) is 11.4 Å². The zero-order valence-corrected chi connectivity index (χ0v) is 11.0. The molecule has 1 aliphatic heterocycles. The molecule has 2 heterocycles. The molecule has 0 bridgehead atoms. The second-order valence-corrected chi connectivity index (χ2v) is 5.33. The summed E-state index contributed by atoms with van der Waals surface area (Å²) in [4.78, 5) is 24.4. The van der Waals surface area contributed by atoms with Gasteiger partial charge in [0.1, 0.15) is 0 Å². The molecule has 18 heavy (non-hydrogen) atoms. The molecule has 0 radical (unpaired) electrons. The number of carbonyl (C=O) groups is 2. The zero-order chi connectivity index (χ0) is 13.0. The maximum Gasteiger partial charge on any atom is 0.303 e. The van der Waals surface area contributed by atoms with Crippen molar-refractivity contribution in [2.75, 3.05) is 6.54 Å². The van der Waals surface area contributed by atoms with E-state index in [4.69, 9.17) is 5.11 Å². The summed E-state index contributed by atoms with van der Waals surface area (Å²) in [5, 5.41) is 12.7. The maximum atomic E-state index is 12.1. The molecule has 2 rings (SSSR count). The van der Waals surface area contributed by atoms with Gasteiger partial charge in [-0.15, -0.1) is 0 Å². The summed E-state index contributed by atoms with van der Waals surface area (Å²) in [7, 11) is 0. The molecule has 1 aromatic rings. The Bertz CT molecular complexity index is 416. The topological polar surface area (TPSA) is 57.6 Å². The molecule has 1 unspecified atom stereocenters. The number of carbonyl (C=O) groups excluding carboxylic acids is 1. The van der Waals surface area contributed by atoms with E-state index < -0.39 is 5.97 Å². The molecule has 0 spiro atoms. The van der Waals surface area contributed by atoms with Gasteiger partial charge in [-0.05, 0) is 41.7 Å². The van der Waals surface area contributed by atoms with Crippen LogP contribution in [-0.4, -0.2) is 28.4 Å². The van der Waals surface area contributed by atoms with E-state index in [-0.39, 0.29) is 18.4 Å². The first-order valence-corrected chi connectivity index (χ1v) is 7.16. The van der Waals surface area contributed by atoms with Crippen LogP contribution < -0.4 is 0 Å². The van der Waals surface area contributed by atoms with Crippen LogP contribution >= 0.6 is 11.3 Å². The van der Waals surface area contributed by atoms with Gasteiger partial charge in [0, 0.05) is 19.4 Å². The minimum Gasteiger partial charge on any atom is -0.481 e. The predicted molar refractivity (Wildman–Crippen MR) is 69.5 cm³/mol. The Kier molecular flexibility index (Phi) is 4.36. The highest BCUT2D eigenvalue weighted by molar-refractivity contribution is 7.07. The summed E-state index contributed by atoms with van der Waals surface area (Å²) in [5.41, 5.74) is 1.21. The number of rotatable bonds is 5. The van der Waals surface area contributed by atoms with Crippen molar-refractivity contribution >= 4 is 23.2 Å². The van der Waals surface area contributed by atoms with Crippen LogP contribution in [0.2, 0.25) is 0 Å². The fourth-order valence-electron chi connectivity index (χ4n) is 2.41. The van der Waals surface area contributed by atoms with Gasteiger partial charge < -0.3 is 10.0 Å². The van der Waals surface area contributed by atoms with Gasteiger partial charge in [0.2, 0.25) is 5.91 Å². The molecule has 0 aromatic carbocycles. The molecule has 1 atom stereocenters. The first-order valence-electron chi connectivity index (χ1n) is 6.22. The van der Waals surface area contributed by atoms with Crippen LogP contribution in [0.25, 0.3) is 0 Å². The van der Waals surface area contributed by atoms with Crippen molar-refractivity contribution in [3.8, 4) is 0 Å². The quantitative estimate of drug-likeness (QED) is 0.892. The van der Waals surface area contributed by atoms with Gasteiger partial charge in [-0.1, -0.05) is 0 Å². The lowest BCUT2D eigenvalue weighted by Gasteiger charge is -2.24. The van der Waals surface area contributed by atoms with Gasteiger partial charge in [-0.2, -0.15) is 11.3 Å². The normalized spacial score (nSPS) is 19.1. The van der Waals surface area contributed by atoms with E-state index in [1.165, 1.54) is 5.56 Å². The van der Waals surface area contributed by atoms with Gasteiger partial charge in [0.25, 0.3) is 0 Å². The summed E-state index contributed by atoms with van der Waals surface area (Å²) in [6, 6.07) is 2.27. The number of carboxylic acids is 1. The largest absolute Gasteiger partial charge is 0.481 e. The minimum absolute atomic E-state index is 0.0721. The van der Waals surface area contributed by atoms with E-state index in [0.717, 1.165) is 19.4 Å². The second kappa shape index (κ2) is 6.00. The van der Waals surface area contributed by atoms with E-state index in [9.17, 15) is 9.59 Å². The van der Waals surface area contributed by atoms with E-state index >= 15 is 0 Å². The Morgan fingerprint density at radius 1 is 1.44 bits per heavy atom. The van der Waals surface area contributed by atoms with Crippen molar-refractivity contribution in [1.29, 1.82) is 0 Å². The summed E-state index contributed by atoms with van der Waals surface area (Å²) >= 11 is 1.65. The van der Waals surface area contributed by atoms with Gasteiger partial charge in [0.05, 0.1) is 6.04 Å². The summed E-state index contributed by atoms with van der Waals surface area (Å²) in [6.07, 6.45) is 2.89. The van der Waals surface area contributed by atoms with Crippen molar-refractivity contribution in [3.63, 3.8) is 0 Å². The highest BCUT2D eigenvalue weighted by atomic mass is 32.1. The Morgan fingerprint density at radius 3 is 2.94 bits per heavy atom. The Morgan fingerprint density at radius 2 is 2.28 bits per heavy atom. The van der Waals surface area contributed by atoms with Crippen LogP contribution in [-0.2, 0) is 9.59 Å². The molecule has 5 heteroatoms. The van der Waals surface area contributed by atoms with Crippen LogP contribution in [0, 0.1) is 0 Å². The maximum absolute atomic E-state index is 12.1. The van der Waals surface area contributed by atoms with Gasteiger partial charge in [0.15, 0.2) is 0 Å². The molecule has 1 saturated heterocycles. The second-order valence-electron chi connectivity index (χ2n) is 4.55. The average molecular weight is 267 g/mol. The first-order chi connectivity index (χ1) is 8.68. The van der Waals surface area contributed by atoms with Crippen molar-refractivity contribution in [2.45, 2.75) is 38.1 Å². The number of nitrogens with zero attached hydrogens (tertiary/aromatic N) is 1. The SMILES string of the molecule is O=C(O)CCCC(=O)N1CCCC1c1ccsc1. The molecule has 1 fully saturated rings. The van der Waals surface area contributed by atoms with Crippen LogP contribution in [0.15, 0.2) is 16.8 Å². The standard InChI is InChI=1S/C13H17NO3S/c15-12(4-1-5-13(16)17)14-7-2-3-11(14)10-6-8-18-9-10/h6,8-9,11H,1-5,7H2,(H,16,17). The lowest BCUT2D eigenvalue weighted by atomic mass is 10.1. The van der Waals surface area contributed by atoms with Crippen molar-refractivity contribution in [3.05, 3.63) is 22.4 Å². The number of amides is 1. The van der Waals surface area contributed by atoms with Gasteiger partial charge >= 0.3 is 5.97 Å². The number of hydrogen-bond acceptors (Lipinski definition) is 3. The highest BCUT2D eigenvalue weighted by Crippen LogP contribution is 2.33. The summed E-state index contributed by atoms with van der Waals surface area (Å²) < 4.78 is 0. The molecular weight excluding hydrogens is 250 g/mol. The Balaban J connectivity index is 1.91. The number of hydrogen-bond donors (Lipinski definition) is 1. The van der Waals surface area contributed by atoms with Crippen LogP contribution in [0.4, 0.5) is 0 Å². The van der Waals surface area contributed by atoms with Crippen molar-refractivity contribution in [1.82, 2.24) is 4.90 Å². The third-order valence-corrected chi connectivity index (χ3v) is 3.98. The molecular formula is C13H17NO3S. The third-order valence-electron chi connectivity index (χ3n) is 3.28. The Hall–Kier alpha value is -1.36. The van der Waals surface area contributed by atoms with Crippen molar-refractivity contribution < 1.29 is 14.7 Å². The fourth-order valence-corrected chi connectivity index (χ4v) is 3.12. The number of aliphatic carboxylic acids is 1. The predicted octanol–water partition coefficient (Wildman–Crippen LogP) is 2.67. The van der Waals surface area contributed by atoms with Crippen LogP contribution in [0.5, 0.6) is 0 Å². The number of likely N-dealkylation sites (tertiary alicyclic amines) is 1. The first kappa shape index (κ1) is 13.1. The lowest BCUT2D eigenvalue weighted by molar-refractivity contribution is -0.137. The molecule has 0 saturated carbocycles.